The molecule has 1 unspecified atom stereocenters. The van der Waals surface area contributed by atoms with Crippen molar-refractivity contribution in [2.75, 3.05) is 18.0 Å². The summed E-state index contributed by atoms with van der Waals surface area (Å²) in [6.45, 7) is -0.816. The molecule has 4 aromatic rings. The molecule has 14 heteroatoms. The van der Waals surface area contributed by atoms with Crippen molar-refractivity contribution in [2.45, 2.75) is 17.7 Å². The van der Waals surface area contributed by atoms with Crippen LogP contribution in [0.1, 0.15) is 11.8 Å². The van der Waals surface area contributed by atoms with Gasteiger partial charge >= 0.3 is 0 Å². The predicted molar refractivity (Wildman–Crippen MR) is 126 cm³/mol. The molecule has 0 radical (unpaired) electrons. The summed E-state index contributed by atoms with van der Waals surface area (Å²) < 4.78 is 35.8. The normalized spacial score (nSPS) is 12.5. The van der Waals surface area contributed by atoms with E-state index in [4.69, 9.17) is 16.3 Å². The molecule has 1 N–H and O–H groups in total. The fourth-order valence-corrected chi connectivity index (χ4v) is 5.52. The molecule has 2 heterocycles. The Morgan fingerprint density at radius 2 is 1.89 bits per heavy atom. The molecule has 0 aliphatic carbocycles. The van der Waals surface area contributed by atoms with Crippen molar-refractivity contribution < 1.29 is 23.2 Å². The maximum atomic E-state index is 13.9. The Bertz CT molecular complexity index is 1490. The Morgan fingerprint density at radius 3 is 2.60 bits per heavy atom. The number of hydrogen-bond acceptors (Lipinski definition) is 9. The second kappa shape index (κ2) is 9.92. The van der Waals surface area contributed by atoms with Crippen LogP contribution in [0.25, 0.3) is 11.2 Å². The lowest BCUT2D eigenvalue weighted by Crippen LogP contribution is -2.38. The van der Waals surface area contributed by atoms with Crippen molar-refractivity contribution in [1.29, 1.82) is 0 Å². The molecule has 2 aromatic heterocycles. The van der Waals surface area contributed by atoms with Gasteiger partial charge in [0.05, 0.1) is 30.1 Å². The van der Waals surface area contributed by atoms with E-state index in [1.54, 1.807) is 18.2 Å². The summed E-state index contributed by atoms with van der Waals surface area (Å²) in [5.74, 6) is 0. The van der Waals surface area contributed by atoms with Crippen LogP contribution in [-0.4, -0.2) is 51.6 Å². The van der Waals surface area contributed by atoms with Crippen molar-refractivity contribution in [2.24, 2.45) is 0 Å². The maximum absolute atomic E-state index is 13.9. The van der Waals surface area contributed by atoms with Gasteiger partial charge in [-0.2, -0.15) is 0 Å². The van der Waals surface area contributed by atoms with Crippen LogP contribution in [0.3, 0.4) is 0 Å². The molecule has 2 aromatic carbocycles. The molecule has 12 nitrogen and oxygen atoms in total. The molecule has 0 amide bonds. The predicted octanol–water partition coefficient (Wildman–Crippen LogP) is 2.92. The number of methoxy groups -OCH3 is 1. The summed E-state index contributed by atoms with van der Waals surface area (Å²) in [5.41, 5.74) is 0.427. The minimum absolute atomic E-state index is 0.0819. The summed E-state index contributed by atoms with van der Waals surface area (Å²) in [6.07, 6.45) is 1.63. The average molecular weight is 519 g/mol. The second-order valence-corrected chi connectivity index (χ2v) is 9.42. The Hall–Kier alpha value is -3.65. The van der Waals surface area contributed by atoms with E-state index in [0.29, 0.717) is 11.1 Å². The molecule has 0 aliphatic heterocycles. The summed E-state index contributed by atoms with van der Waals surface area (Å²) in [4.78, 5) is 22.5. The number of nitrogens with zero attached hydrogens (tertiary/aromatic N) is 6. The topological polar surface area (TPSA) is 154 Å². The van der Waals surface area contributed by atoms with Gasteiger partial charge in [0.1, 0.15) is 11.8 Å². The number of nitro benzene ring substituents is 1. The van der Waals surface area contributed by atoms with Gasteiger partial charge in [-0.15, -0.1) is 0 Å². The van der Waals surface area contributed by atoms with Crippen LogP contribution in [0.2, 0.25) is 5.15 Å². The lowest BCUT2D eigenvalue weighted by atomic mass is 10.2. The standard InChI is InChI=1S/C21H19ClN6O6S/c1-34-18(26-13-25-21-19(26)20(22)23-12-24-21)10-27(15-7-3-2-6-14(15)11-29)35(32,33)17-9-5-4-8-16(17)28(30)31/h2-9,12-13,18,29H,10-11H2,1H3. The second-order valence-electron chi connectivity index (χ2n) is 7.23. The highest BCUT2D eigenvalue weighted by atomic mass is 35.5. The van der Waals surface area contributed by atoms with E-state index in [0.717, 1.165) is 16.4 Å². The van der Waals surface area contributed by atoms with E-state index >= 15 is 0 Å². The molecule has 0 saturated carbocycles. The van der Waals surface area contributed by atoms with Crippen molar-refractivity contribution in [3.8, 4) is 0 Å². The number of benzene rings is 2. The third-order valence-corrected chi connectivity index (χ3v) is 7.39. The number of aromatic nitrogens is 4. The molecular weight excluding hydrogens is 500 g/mol. The minimum Gasteiger partial charge on any atom is -0.392 e. The SMILES string of the molecule is COC(CN(c1ccccc1CO)S(=O)(=O)c1ccccc1[N+](=O)[O-])n1cnc2ncnc(Cl)c21. The van der Waals surface area contributed by atoms with Crippen LogP contribution in [0.4, 0.5) is 11.4 Å². The van der Waals surface area contributed by atoms with E-state index in [9.17, 15) is 23.6 Å². The molecule has 0 saturated heterocycles. The number of fused-ring (bicyclic) bond motifs is 1. The van der Waals surface area contributed by atoms with Crippen molar-refractivity contribution in [3.05, 3.63) is 82.0 Å². The third kappa shape index (κ3) is 4.53. The molecular formula is C21H19ClN6O6S. The van der Waals surface area contributed by atoms with Crippen molar-refractivity contribution in [3.63, 3.8) is 0 Å². The van der Waals surface area contributed by atoms with Gasteiger partial charge in [0.2, 0.25) is 0 Å². The fraction of sp³-hybridized carbons (Fsp3) is 0.190. The first kappa shape index (κ1) is 24.5. The van der Waals surface area contributed by atoms with Crippen LogP contribution in [-0.2, 0) is 21.4 Å². The number of aliphatic hydroxyl groups excluding tert-OH is 1. The monoisotopic (exact) mass is 518 g/mol. The Labute approximate surface area is 204 Å². The number of anilines is 1. The average Bonchev–Trinajstić information content (AvgIpc) is 3.30. The number of nitro groups is 1. The molecule has 0 fully saturated rings. The lowest BCUT2D eigenvalue weighted by molar-refractivity contribution is -0.387. The number of hydrogen-bond donors (Lipinski definition) is 1. The Balaban J connectivity index is 1.90. The van der Waals surface area contributed by atoms with E-state index in [1.165, 1.54) is 42.5 Å². The zero-order valence-corrected chi connectivity index (χ0v) is 19.8. The number of rotatable bonds is 9. The van der Waals surface area contributed by atoms with Gasteiger partial charge in [0.15, 0.2) is 21.9 Å². The quantitative estimate of drug-likeness (QED) is 0.200. The van der Waals surface area contributed by atoms with Gasteiger partial charge in [-0.05, 0) is 12.1 Å². The van der Waals surface area contributed by atoms with Gasteiger partial charge in [0, 0.05) is 18.7 Å². The van der Waals surface area contributed by atoms with Gasteiger partial charge in [0.25, 0.3) is 15.7 Å². The first-order valence-corrected chi connectivity index (χ1v) is 11.9. The molecule has 0 spiro atoms. The molecule has 35 heavy (non-hydrogen) atoms. The zero-order chi connectivity index (χ0) is 25.2. The van der Waals surface area contributed by atoms with Crippen LogP contribution < -0.4 is 4.31 Å². The molecule has 0 aliphatic rings. The number of aliphatic hydroxyl groups is 1. The van der Waals surface area contributed by atoms with Crippen LogP contribution in [0.15, 0.2) is 66.1 Å². The van der Waals surface area contributed by atoms with Crippen LogP contribution in [0.5, 0.6) is 0 Å². The van der Waals surface area contributed by atoms with Gasteiger partial charge in [-0.25, -0.2) is 23.4 Å². The molecule has 1 atom stereocenters. The zero-order valence-electron chi connectivity index (χ0n) is 18.2. The fourth-order valence-electron chi connectivity index (χ4n) is 3.63. The van der Waals surface area contributed by atoms with E-state index in [-0.39, 0.29) is 23.0 Å². The van der Waals surface area contributed by atoms with Crippen molar-refractivity contribution in [1.82, 2.24) is 19.5 Å². The Kier molecular flexibility index (Phi) is 6.93. The molecule has 0 bridgehead atoms. The lowest BCUT2D eigenvalue weighted by Gasteiger charge is -2.30. The van der Waals surface area contributed by atoms with Crippen LogP contribution in [0, 0.1) is 10.1 Å². The van der Waals surface area contributed by atoms with Crippen molar-refractivity contribution >= 4 is 44.2 Å². The minimum atomic E-state index is -4.52. The van der Waals surface area contributed by atoms with Gasteiger partial charge in [-0.3, -0.25) is 19.0 Å². The summed E-state index contributed by atoms with van der Waals surface area (Å²) in [6, 6.07) is 11.3. The maximum Gasteiger partial charge on any atom is 0.289 e. The highest BCUT2D eigenvalue weighted by molar-refractivity contribution is 7.93. The first-order chi connectivity index (χ1) is 16.8. The number of ether oxygens (including phenoxy) is 1. The molecule has 182 valence electrons. The number of halogens is 1. The first-order valence-electron chi connectivity index (χ1n) is 10.1. The summed E-state index contributed by atoms with van der Waals surface area (Å²) in [5, 5.41) is 21.6. The summed E-state index contributed by atoms with van der Waals surface area (Å²) >= 11 is 6.24. The number of imidazole rings is 1. The van der Waals surface area contributed by atoms with E-state index < -0.39 is 38.4 Å². The number of sulfonamides is 1. The summed E-state index contributed by atoms with van der Waals surface area (Å²) in [7, 11) is -3.16. The highest BCUT2D eigenvalue weighted by Crippen LogP contribution is 2.34. The Morgan fingerprint density at radius 1 is 1.17 bits per heavy atom. The largest absolute Gasteiger partial charge is 0.392 e. The third-order valence-electron chi connectivity index (χ3n) is 5.29. The van der Waals surface area contributed by atoms with E-state index in [2.05, 4.69) is 15.0 Å². The number of para-hydroxylation sites is 2. The smallest absolute Gasteiger partial charge is 0.289 e. The molecule has 4 rings (SSSR count). The van der Waals surface area contributed by atoms with E-state index in [1.807, 2.05) is 0 Å². The van der Waals surface area contributed by atoms with Gasteiger partial charge < -0.3 is 9.84 Å². The highest BCUT2D eigenvalue weighted by Gasteiger charge is 2.35. The van der Waals surface area contributed by atoms with Crippen LogP contribution >= 0.6 is 11.6 Å². The van der Waals surface area contributed by atoms with Gasteiger partial charge in [-0.1, -0.05) is 41.9 Å².